The summed E-state index contributed by atoms with van der Waals surface area (Å²) < 4.78 is 6.63. The van der Waals surface area contributed by atoms with Crippen LogP contribution in [0.15, 0.2) is 48.5 Å². The monoisotopic (exact) mass is 397 g/mol. The molecular weight excluding hydrogens is 378 g/mol. The van der Waals surface area contributed by atoms with Crippen molar-refractivity contribution in [1.29, 1.82) is 0 Å². The molecule has 0 unspecified atom stereocenters. The van der Waals surface area contributed by atoms with Gasteiger partial charge in [0, 0.05) is 10.7 Å². The highest BCUT2D eigenvalue weighted by Crippen LogP contribution is 2.22. The molecule has 6 nitrogen and oxygen atoms in total. The van der Waals surface area contributed by atoms with Crippen molar-refractivity contribution in [2.45, 2.75) is 20.8 Å². The second-order valence-electron chi connectivity index (χ2n) is 6.24. The predicted molar refractivity (Wildman–Crippen MR) is 108 cm³/mol. The zero-order valence-electron chi connectivity index (χ0n) is 15.8. The Morgan fingerprint density at radius 2 is 1.71 bits per heavy atom. The first-order valence-electron chi connectivity index (χ1n) is 8.81. The molecule has 0 saturated carbocycles. The summed E-state index contributed by atoms with van der Waals surface area (Å²) in [5, 5.41) is 7.74. The number of hydrogen-bond donors (Lipinski definition) is 1. The van der Waals surface area contributed by atoms with Crippen LogP contribution in [-0.4, -0.2) is 28.3 Å². The number of ether oxygens (including phenoxy) is 1. The van der Waals surface area contributed by atoms with Gasteiger partial charge in [0.1, 0.15) is 0 Å². The first-order chi connectivity index (χ1) is 13.4. The maximum Gasteiger partial charge on any atom is 0.359 e. The molecule has 0 spiro atoms. The molecule has 0 atom stereocenters. The van der Waals surface area contributed by atoms with Crippen LogP contribution in [0.2, 0.25) is 5.02 Å². The minimum atomic E-state index is -0.646. The quantitative estimate of drug-likeness (QED) is 0.640. The minimum Gasteiger partial charge on any atom is -0.461 e. The van der Waals surface area contributed by atoms with E-state index in [1.165, 1.54) is 4.68 Å². The molecule has 2 aromatic carbocycles. The van der Waals surface area contributed by atoms with Crippen molar-refractivity contribution in [3.8, 4) is 5.69 Å². The second-order valence-corrected chi connectivity index (χ2v) is 6.67. The second kappa shape index (κ2) is 8.27. The number of rotatable bonds is 5. The number of aromatic nitrogens is 2. The van der Waals surface area contributed by atoms with Crippen LogP contribution in [0.3, 0.4) is 0 Å². The summed E-state index contributed by atoms with van der Waals surface area (Å²) in [7, 11) is 0. The standard InChI is InChI=1S/C21H20ClN3O3/c1-4-28-21(27)19-18(20(26)23-16-9-5-13(2)6-10-16)14(3)25(24-19)17-11-7-15(22)8-12-17/h5-12H,4H2,1-3H3,(H,23,26). The summed E-state index contributed by atoms with van der Waals surface area (Å²) in [5.74, 6) is -1.07. The molecule has 0 radical (unpaired) electrons. The number of amides is 1. The lowest BCUT2D eigenvalue weighted by Gasteiger charge is -2.07. The van der Waals surface area contributed by atoms with Crippen molar-refractivity contribution in [1.82, 2.24) is 9.78 Å². The summed E-state index contributed by atoms with van der Waals surface area (Å²) in [6.07, 6.45) is 0. The van der Waals surface area contributed by atoms with E-state index in [1.807, 2.05) is 19.1 Å². The zero-order valence-corrected chi connectivity index (χ0v) is 16.6. The van der Waals surface area contributed by atoms with E-state index in [2.05, 4.69) is 10.4 Å². The van der Waals surface area contributed by atoms with Crippen molar-refractivity contribution >= 4 is 29.2 Å². The van der Waals surface area contributed by atoms with Crippen molar-refractivity contribution in [2.24, 2.45) is 0 Å². The summed E-state index contributed by atoms with van der Waals surface area (Å²) in [5.41, 5.74) is 3.06. The van der Waals surface area contributed by atoms with Crippen LogP contribution < -0.4 is 5.32 Å². The van der Waals surface area contributed by atoms with E-state index in [0.29, 0.717) is 22.1 Å². The topological polar surface area (TPSA) is 73.2 Å². The maximum atomic E-state index is 13.0. The van der Waals surface area contributed by atoms with E-state index >= 15 is 0 Å². The molecule has 1 aromatic heterocycles. The summed E-state index contributed by atoms with van der Waals surface area (Å²) in [6.45, 7) is 5.58. The molecule has 0 aliphatic rings. The van der Waals surface area contributed by atoms with Gasteiger partial charge in [0.05, 0.1) is 23.6 Å². The summed E-state index contributed by atoms with van der Waals surface area (Å²) in [6, 6.07) is 14.4. The number of carbonyl (C=O) groups is 2. The Labute approximate surface area is 168 Å². The molecule has 0 saturated heterocycles. The third kappa shape index (κ3) is 4.07. The van der Waals surface area contributed by atoms with Crippen molar-refractivity contribution in [3.05, 3.63) is 76.1 Å². The van der Waals surface area contributed by atoms with Crippen LogP contribution in [0.4, 0.5) is 5.69 Å². The Balaban J connectivity index is 2.04. The Morgan fingerprint density at radius 3 is 2.32 bits per heavy atom. The van der Waals surface area contributed by atoms with Gasteiger partial charge in [-0.3, -0.25) is 4.79 Å². The molecule has 0 aliphatic heterocycles. The van der Waals surface area contributed by atoms with Crippen molar-refractivity contribution in [3.63, 3.8) is 0 Å². The van der Waals surface area contributed by atoms with Gasteiger partial charge in [-0.25, -0.2) is 9.48 Å². The average Bonchev–Trinajstić information content (AvgIpc) is 3.02. The fourth-order valence-corrected chi connectivity index (χ4v) is 2.91. The number of aryl methyl sites for hydroxylation is 1. The summed E-state index contributed by atoms with van der Waals surface area (Å²) >= 11 is 5.95. The normalized spacial score (nSPS) is 10.6. The number of hydrogen-bond acceptors (Lipinski definition) is 4. The summed E-state index contributed by atoms with van der Waals surface area (Å²) in [4.78, 5) is 25.4. The van der Waals surface area contributed by atoms with Gasteiger partial charge in [0.25, 0.3) is 5.91 Å². The van der Waals surface area contributed by atoms with Gasteiger partial charge in [-0.1, -0.05) is 29.3 Å². The number of carbonyl (C=O) groups excluding carboxylic acids is 2. The average molecular weight is 398 g/mol. The number of halogens is 1. The number of esters is 1. The lowest BCUT2D eigenvalue weighted by atomic mass is 10.1. The fraction of sp³-hybridized carbons (Fsp3) is 0.190. The largest absolute Gasteiger partial charge is 0.461 e. The molecule has 3 rings (SSSR count). The molecular formula is C21H20ClN3O3. The van der Waals surface area contributed by atoms with Crippen LogP contribution in [0.25, 0.3) is 5.69 Å². The molecule has 28 heavy (non-hydrogen) atoms. The molecule has 7 heteroatoms. The SMILES string of the molecule is CCOC(=O)c1nn(-c2ccc(Cl)cc2)c(C)c1C(=O)Nc1ccc(C)cc1. The van der Waals surface area contributed by atoms with Crippen LogP contribution in [0.1, 0.15) is 39.0 Å². The maximum absolute atomic E-state index is 13.0. The van der Waals surface area contributed by atoms with Crippen molar-refractivity contribution < 1.29 is 14.3 Å². The molecule has 1 heterocycles. The smallest absolute Gasteiger partial charge is 0.359 e. The predicted octanol–water partition coefficient (Wildman–Crippen LogP) is 4.57. The van der Waals surface area contributed by atoms with Crippen LogP contribution in [-0.2, 0) is 4.74 Å². The third-order valence-electron chi connectivity index (χ3n) is 4.19. The van der Waals surface area contributed by atoms with Gasteiger partial charge >= 0.3 is 5.97 Å². The fourth-order valence-electron chi connectivity index (χ4n) is 2.78. The highest BCUT2D eigenvalue weighted by atomic mass is 35.5. The van der Waals surface area contributed by atoms with Crippen LogP contribution >= 0.6 is 11.6 Å². The Bertz CT molecular complexity index is 1010. The van der Waals surface area contributed by atoms with E-state index < -0.39 is 11.9 Å². The number of nitrogens with zero attached hydrogens (tertiary/aromatic N) is 2. The van der Waals surface area contributed by atoms with Gasteiger partial charge < -0.3 is 10.1 Å². The highest BCUT2D eigenvalue weighted by molar-refractivity contribution is 6.30. The highest BCUT2D eigenvalue weighted by Gasteiger charge is 2.27. The third-order valence-corrected chi connectivity index (χ3v) is 4.44. The molecule has 0 fully saturated rings. The van der Waals surface area contributed by atoms with E-state index in [0.717, 1.165) is 5.56 Å². The molecule has 144 valence electrons. The molecule has 3 aromatic rings. The van der Waals surface area contributed by atoms with Gasteiger partial charge in [0.2, 0.25) is 0 Å². The number of nitrogens with one attached hydrogen (secondary N) is 1. The van der Waals surface area contributed by atoms with Gasteiger partial charge in [-0.05, 0) is 57.2 Å². The lowest BCUT2D eigenvalue weighted by Crippen LogP contribution is -2.17. The van der Waals surface area contributed by atoms with E-state index in [9.17, 15) is 9.59 Å². The van der Waals surface area contributed by atoms with Crippen LogP contribution in [0, 0.1) is 13.8 Å². The van der Waals surface area contributed by atoms with Gasteiger partial charge in [0.15, 0.2) is 5.69 Å². The van der Waals surface area contributed by atoms with E-state index in [4.69, 9.17) is 16.3 Å². The van der Waals surface area contributed by atoms with E-state index in [1.54, 1.807) is 50.2 Å². The Kier molecular flexibility index (Phi) is 5.80. The molecule has 0 aliphatic carbocycles. The van der Waals surface area contributed by atoms with Gasteiger partial charge in [-0.2, -0.15) is 5.10 Å². The lowest BCUT2D eigenvalue weighted by molar-refractivity contribution is 0.0516. The Morgan fingerprint density at radius 1 is 1.07 bits per heavy atom. The zero-order chi connectivity index (χ0) is 20.3. The van der Waals surface area contributed by atoms with Gasteiger partial charge in [-0.15, -0.1) is 0 Å². The first-order valence-corrected chi connectivity index (χ1v) is 9.19. The minimum absolute atomic E-state index is 0.0288. The Hall–Kier alpha value is -3.12. The van der Waals surface area contributed by atoms with E-state index in [-0.39, 0.29) is 17.9 Å². The van der Waals surface area contributed by atoms with Crippen LogP contribution in [0.5, 0.6) is 0 Å². The number of anilines is 1. The molecule has 1 amide bonds. The first kappa shape index (κ1) is 19.6. The number of benzene rings is 2. The van der Waals surface area contributed by atoms with Crippen molar-refractivity contribution in [2.75, 3.05) is 11.9 Å². The molecule has 0 bridgehead atoms. The molecule has 1 N–H and O–H groups in total.